The van der Waals surface area contributed by atoms with Gasteiger partial charge in [-0.15, -0.1) is 0 Å². The van der Waals surface area contributed by atoms with E-state index in [2.05, 4.69) is 90.5 Å². The first-order chi connectivity index (χ1) is 21.5. The van der Waals surface area contributed by atoms with Crippen LogP contribution in [0.4, 0.5) is 0 Å². The molecule has 6 rings (SSSR count). The molecule has 3 aromatic carbocycles. The van der Waals surface area contributed by atoms with E-state index in [9.17, 15) is 4.79 Å². The number of carbonyl (C=O) groups excluding carboxylic acids is 1. The number of aldehydes is 1. The van der Waals surface area contributed by atoms with Gasteiger partial charge in [-0.2, -0.15) is 0 Å². The van der Waals surface area contributed by atoms with Gasteiger partial charge in [-0.3, -0.25) is 0 Å². The summed E-state index contributed by atoms with van der Waals surface area (Å²) >= 11 is 1.72. The minimum Gasteiger partial charge on any atom is -0.381 e. The SMILES string of the molecule is CC.COC1CCC2(CC1)Cc1ccc(C#CC3CC3)cc1C2(C=O)N=C(SCc1ccccc1)N(C)Cc1ccccc1. The molecule has 5 heteroatoms. The largest absolute Gasteiger partial charge is 0.381 e. The fourth-order valence-electron chi connectivity index (χ4n) is 6.72. The molecule has 3 aliphatic rings. The Morgan fingerprint density at radius 1 is 0.977 bits per heavy atom. The summed E-state index contributed by atoms with van der Waals surface area (Å²) in [6.45, 7) is 4.72. The summed E-state index contributed by atoms with van der Waals surface area (Å²) in [4.78, 5) is 21.5. The molecular weight excluding hydrogens is 561 g/mol. The minimum absolute atomic E-state index is 0.236. The number of rotatable bonds is 7. The Kier molecular flexibility index (Phi) is 10.7. The van der Waals surface area contributed by atoms with Gasteiger partial charge in [0.1, 0.15) is 5.54 Å². The second-order valence-electron chi connectivity index (χ2n) is 12.2. The second kappa shape index (κ2) is 14.6. The monoisotopic (exact) mass is 606 g/mol. The average molecular weight is 607 g/mol. The number of aliphatic imine (C=N–C) groups is 1. The number of nitrogens with zero attached hydrogens (tertiary/aromatic N) is 2. The molecule has 0 aromatic heterocycles. The predicted molar refractivity (Wildman–Crippen MR) is 184 cm³/mol. The molecule has 0 radical (unpaired) electrons. The Morgan fingerprint density at radius 2 is 1.64 bits per heavy atom. The van der Waals surface area contributed by atoms with E-state index in [1.165, 1.54) is 35.8 Å². The molecule has 0 heterocycles. The van der Waals surface area contributed by atoms with E-state index in [4.69, 9.17) is 9.73 Å². The van der Waals surface area contributed by atoms with E-state index in [1.807, 2.05) is 26.0 Å². The van der Waals surface area contributed by atoms with Crippen LogP contribution in [0.5, 0.6) is 0 Å². The lowest BCUT2D eigenvalue weighted by Gasteiger charge is -2.45. The van der Waals surface area contributed by atoms with E-state index in [0.29, 0.717) is 5.92 Å². The zero-order chi connectivity index (χ0) is 31.0. The number of methoxy groups -OCH3 is 1. The molecule has 4 nitrogen and oxygen atoms in total. The molecule has 2 fully saturated rings. The summed E-state index contributed by atoms with van der Waals surface area (Å²) in [5.41, 5.74) is 4.47. The van der Waals surface area contributed by atoms with Crippen LogP contribution in [0.3, 0.4) is 0 Å². The van der Waals surface area contributed by atoms with Crippen molar-refractivity contribution in [2.45, 2.75) is 82.7 Å². The van der Waals surface area contributed by atoms with Crippen LogP contribution in [-0.4, -0.2) is 36.6 Å². The number of benzene rings is 3. The van der Waals surface area contributed by atoms with Gasteiger partial charge in [-0.1, -0.05) is 104 Å². The van der Waals surface area contributed by atoms with Crippen LogP contribution >= 0.6 is 11.8 Å². The lowest BCUT2D eigenvalue weighted by molar-refractivity contribution is -0.118. The molecule has 2 saturated carbocycles. The normalized spacial score (nSPS) is 24.0. The maximum atomic E-state index is 13.7. The van der Waals surface area contributed by atoms with Crippen LogP contribution in [0.25, 0.3) is 0 Å². The Labute approximate surface area is 268 Å². The minimum atomic E-state index is -0.970. The molecule has 1 spiro atoms. The predicted octanol–water partition coefficient (Wildman–Crippen LogP) is 8.42. The standard InChI is InChI=1S/C37H40N2O2S.C2H6/c1-39(25-30-9-5-3-6-10-30)35(42-26-31-11-7-4-8-12-31)38-37(27-40)34-23-29(16-15-28-13-14-28)17-18-32(34)24-36(37)21-19-33(41-2)20-22-36;1-2/h3-12,17-18,23,27-28,33H,13-14,19-22,24-26H2,1-2H3;1-2H3. The van der Waals surface area contributed by atoms with Crippen molar-refractivity contribution in [2.75, 3.05) is 14.2 Å². The quantitative estimate of drug-likeness (QED) is 0.117. The van der Waals surface area contributed by atoms with E-state index in [1.54, 1.807) is 18.9 Å². The number of fused-ring (bicyclic) bond motifs is 1. The van der Waals surface area contributed by atoms with E-state index < -0.39 is 5.54 Å². The molecule has 0 N–H and O–H groups in total. The summed E-state index contributed by atoms with van der Waals surface area (Å²) in [7, 11) is 3.91. The van der Waals surface area contributed by atoms with Crippen LogP contribution < -0.4 is 0 Å². The summed E-state index contributed by atoms with van der Waals surface area (Å²) in [6, 6.07) is 27.5. The Morgan fingerprint density at radius 3 is 2.25 bits per heavy atom. The van der Waals surface area contributed by atoms with Gasteiger partial charge in [-0.25, -0.2) is 4.99 Å². The number of hydrogen-bond acceptors (Lipinski definition) is 4. The first-order valence-electron chi connectivity index (χ1n) is 16.2. The van der Waals surface area contributed by atoms with Gasteiger partial charge in [0, 0.05) is 43.4 Å². The molecule has 3 aliphatic carbocycles. The average Bonchev–Trinajstić information content (AvgIpc) is 3.88. The van der Waals surface area contributed by atoms with Crippen LogP contribution in [0.2, 0.25) is 0 Å². The number of carbonyl (C=O) groups is 1. The van der Waals surface area contributed by atoms with Crippen LogP contribution in [0.15, 0.2) is 83.9 Å². The van der Waals surface area contributed by atoms with Crippen molar-refractivity contribution in [3.63, 3.8) is 0 Å². The molecule has 0 bridgehead atoms. The molecule has 0 saturated heterocycles. The van der Waals surface area contributed by atoms with Crippen molar-refractivity contribution in [1.29, 1.82) is 0 Å². The lowest BCUT2D eigenvalue weighted by atomic mass is 9.62. The first kappa shape index (κ1) is 32.1. The Bertz CT molecular complexity index is 1480. The first-order valence-corrected chi connectivity index (χ1v) is 17.2. The van der Waals surface area contributed by atoms with E-state index >= 15 is 0 Å². The third-order valence-corrected chi connectivity index (χ3v) is 10.5. The molecular formula is C39H46N2O2S. The van der Waals surface area contributed by atoms with Crippen LogP contribution in [0, 0.1) is 23.2 Å². The maximum absolute atomic E-state index is 13.7. The number of hydrogen-bond donors (Lipinski definition) is 0. The summed E-state index contributed by atoms with van der Waals surface area (Å²) in [5.74, 6) is 8.13. The molecule has 1 unspecified atom stereocenters. The van der Waals surface area contributed by atoms with Crippen molar-refractivity contribution in [1.82, 2.24) is 4.90 Å². The van der Waals surface area contributed by atoms with Gasteiger partial charge >= 0.3 is 0 Å². The highest BCUT2D eigenvalue weighted by Crippen LogP contribution is 2.59. The summed E-state index contributed by atoms with van der Waals surface area (Å²) < 4.78 is 5.77. The van der Waals surface area contributed by atoms with Crippen molar-refractivity contribution < 1.29 is 9.53 Å². The van der Waals surface area contributed by atoms with Gasteiger partial charge < -0.3 is 14.4 Å². The van der Waals surface area contributed by atoms with Crippen LogP contribution in [-0.2, 0) is 33.8 Å². The van der Waals surface area contributed by atoms with Gasteiger partial charge in [0.25, 0.3) is 0 Å². The van der Waals surface area contributed by atoms with Crippen molar-refractivity contribution in [3.8, 4) is 11.8 Å². The highest BCUT2D eigenvalue weighted by Gasteiger charge is 2.59. The van der Waals surface area contributed by atoms with Gasteiger partial charge in [0.2, 0.25) is 0 Å². The van der Waals surface area contributed by atoms with Crippen LogP contribution in [0.1, 0.15) is 80.2 Å². The smallest absolute Gasteiger partial charge is 0.160 e. The van der Waals surface area contributed by atoms with Gasteiger partial charge in [-0.05, 0) is 79.3 Å². The fourth-order valence-corrected chi connectivity index (χ4v) is 7.70. The molecule has 230 valence electrons. The fraction of sp³-hybridized carbons (Fsp3) is 0.436. The topological polar surface area (TPSA) is 41.9 Å². The highest BCUT2D eigenvalue weighted by molar-refractivity contribution is 8.13. The van der Waals surface area contributed by atoms with Gasteiger partial charge in [0.05, 0.1) is 6.10 Å². The van der Waals surface area contributed by atoms with Gasteiger partial charge in [0.15, 0.2) is 11.5 Å². The Balaban J connectivity index is 0.00000188. The molecule has 0 amide bonds. The second-order valence-corrected chi connectivity index (χ2v) is 13.1. The molecule has 44 heavy (non-hydrogen) atoms. The summed E-state index contributed by atoms with van der Waals surface area (Å²) in [6.07, 6.45) is 8.35. The van der Waals surface area contributed by atoms with Crippen molar-refractivity contribution in [2.24, 2.45) is 16.3 Å². The summed E-state index contributed by atoms with van der Waals surface area (Å²) in [5, 5.41) is 0.894. The molecule has 0 aliphatic heterocycles. The number of ether oxygens (including phenoxy) is 1. The zero-order valence-electron chi connectivity index (χ0n) is 26.7. The number of thioether (sulfide) groups is 1. The third kappa shape index (κ3) is 6.98. The number of amidine groups is 1. The molecule has 1 atom stereocenters. The highest BCUT2D eigenvalue weighted by atomic mass is 32.2. The zero-order valence-corrected chi connectivity index (χ0v) is 27.5. The van der Waals surface area contributed by atoms with Crippen molar-refractivity contribution in [3.05, 3.63) is 107 Å². The third-order valence-electron chi connectivity index (χ3n) is 9.32. The van der Waals surface area contributed by atoms with E-state index in [-0.39, 0.29) is 11.5 Å². The lowest BCUT2D eigenvalue weighted by Crippen LogP contribution is -2.47. The maximum Gasteiger partial charge on any atom is 0.160 e. The van der Waals surface area contributed by atoms with Crippen molar-refractivity contribution >= 4 is 23.2 Å². The molecule has 3 aromatic rings. The Hall–Kier alpha value is -3.33. The van der Waals surface area contributed by atoms with E-state index in [0.717, 1.165) is 60.7 Å².